The average Bonchev–Trinajstić information content (AvgIpc) is 2.92. The van der Waals surface area contributed by atoms with Crippen LogP contribution in [0.4, 0.5) is 9.93 Å². The minimum Gasteiger partial charge on any atom is -0.396 e. The van der Waals surface area contributed by atoms with E-state index in [0.29, 0.717) is 11.7 Å². The molecule has 2 amide bonds. The van der Waals surface area contributed by atoms with Crippen molar-refractivity contribution in [2.24, 2.45) is 10.7 Å². The maximum atomic E-state index is 11.7. The smallest absolute Gasteiger partial charge is 0.321 e. The van der Waals surface area contributed by atoms with Gasteiger partial charge in [-0.15, -0.1) is 0 Å². The molecule has 2 rings (SSSR count). The number of para-hydroxylation sites is 1. The van der Waals surface area contributed by atoms with Crippen molar-refractivity contribution in [1.82, 2.24) is 15.6 Å². The number of urea groups is 1. The molecule has 124 valence electrons. The second kappa shape index (κ2) is 9.06. The Morgan fingerprint density at radius 1 is 1.26 bits per heavy atom. The summed E-state index contributed by atoms with van der Waals surface area (Å²) in [6, 6.07) is 7.32. The van der Waals surface area contributed by atoms with Crippen molar-refractivity contribution in [2.75, 3.05) is 13.2 Å². The minimum absolute atomic E-state index is 0.0156. The van der Waals surface area contributed by atoms with E-state index in [0.717, 1.165) is 35.9 Å². The zero-order valence-electron chi connectivity index (χ0n) is 12.8. The zero-order valence-corrected chi connectivity index (χ0v) is 13.6. The van der Waals surface area contributed by atoms with Gasteiger partial charge in [0.2, 0.25) is 11.1 Å². The van der Waals surface area contributed by atoms with E-state index in [1.807, 2.05) is 24.3 Å². The second-order valence-electron chi connectivity index (χ2n) is 4.98. The van der Waals surface area contributed by atoms with Crippen molar-refractivity contribution in [3.05, 3.63) is 24.3 Å². The number of guanidine groups is 1. The van der Waals surface area contributed by atoms with E-state index in [-0.39, 0.29) is 18.6 Å². The summed E-state index contributed by atoms with van der Waals surface area (Å²) in [6.45, 7) is 0.776. The largest absolute Gasteiger partial charge is 0.396 e. The summed E-state index contributed by atoms with van der Waals surface area (Å²) in [7, 11) is 0. The summed E-state index contributed by atoms with van der Waals surface area (Å²) in [4.78, 5) is 20.1. The molecule has 5 N–H and O–H groups in total. The summed E-state index contributed by atoms with van der Waals surface area (Å²) in [5.74, 6) is 0.0156. The molecular formula is C15H21N5O2S. The number of aliphatic hydroxyl groups is 1. The maximum Gasteiger partial charge on any atom is 0.321 e. The summed E-state index contributed by atoms with van der Waals surface area (Å²) in [5, 5.41) is 14.4. The molecule has 0 spiro atoms. The van der Waals surface area contributed by atoms with Gasteiger partial charge in [0.25, 0.3) is 0 Å². The minimum atomic E-state index is -0.380. The van der Waals surface area contributed by atoms with Crippen LogP contribution in [0.1, 0.15) is 25.7 Å². The Morgan fingerprint density at radius 2 is 2.04 bits per heavy atom. The Balaban J connectivity index is 1.76. The number of carbonyl (C=O) groups excluding carboxylic acids is 1. The molecule has 1 heterocycles. The first kappa shape index (κ1) is 17.2. The first-order valence-corrected chi connectivity index (χ1v) is 8.36. The molecule has 0 aliphatic carbocycles. The second-order valence-corrected chi connectivity index (χ2v) is 5.99. The fourth-order valence-electron chi connectivity index (χ4n) is 1.99. The molecule has 0 atom stereocenters. The van der Waals surface area contributed by atoms with Gasteiger partial charge in [0.1, 0.15) is 0 Å². The molecule has 0 unspecified atom stereocenters. The van der Waals surface area contributed by atoms with E-state index in [9.17, 15) is 4.79 Å². The van der Waals surface area contributed by atoms with Gasteiger partial charge < -0.3 is 16.2 Å². The fraction of sp³-hybridized carbons (Fsp3) is 0.400. The lowest BCUT2D eigenvalue weighted by molar-refractivity contribution is 0.244. The highest BCUT2D eigenvalue weighted by molar-refractivity contribution is 7.22. The lowest BCUT2D eigenvalue weighted by atomic mass is 10.2. The molecule has 0 fully saturated rings. The summed E-state index contributed by atoms with van der Waals surface area (Å²) in [6.07, 6.45) is 3.59. The summed E-state index contributed by atoms with van der Waals surface area (Å²) >= 11 is 1.41. The summed E-state index contributed by atoms with van der Waals surface area (Å²) in [5.41, 5.74) is 6.57. The number of carbonyl (C=O) groups is 1. The number of nitrogens with two attached hydrogens (primary N) is 1. The highest BCUT2D eigenvalue weighted by Crippen LogP contribution is 2.27. The van der Waals surface area contributed by atoms with Gasteiger partial charge in [-0.1, -0.05) is 36.3 Å². The molecule has 23 heavy (non-hydrogen) atoms. The number of fused-ring (bicyclic) bond motifs is 1. The highest BCUT2D eigenvalue weighted by atomic mass is 32.1. The van der Waals surface area contributed by atoms with Crippen LogP contribution in [0.3, 0.4) is 0 Å². The zero-order chi connectivity index (χ0) is 16.5. The van der Waals surface area contributed by atoms with Crippen LogP contribution in [0.25, 0.3) is 10.2 Å². The lowest BCUT2D eigenvalue weighted by Gasteiger charge is -2.06. The van der Waals surface area contributed by atoms with E-state index in [2.05, 4.69) is 20.6 Å². The van der Waals surface area contributed by atoms with Crippen LogP contribution < -0.4 is 16.4 Å². The first-order chi connectivity index (χ1) is 11.2. The predicted molar refractivity (Wildman–Crippen MR) is 93.0 cm³/mol. The Bertz CT molecular complexity index is 638. The number of nitrogens with one attached hydrogen (secondary N) is 2. The number of amides is 2. The number of hydrogen-bond donors (Lipinski definition) is 4. The molecule has 0 radical (unpaired) electrons. The first-order valence-electron chi connectivity index (χ1n) is 7.54. The standard InChI is InChI=1S/C15H21N5O2S/c16-13(19-14(22)17-9-5-1-2-6-10-21)20-15-18-11-7-3-4-8-12(11)23-15/h3-4,7-8,21H,1-2,5-6,9-10H2,(H4,16,17,18,19,20,22). The van der Waals surface area contributed by atoms with Crippen LogP contribution in [-0.2, 0) is 0 Å². The Kier molecular flexibility index (Phi) is 6.76. The third-order valence-electron chi connectivity index (χ3n) is 3.11. The number of aliphatic imine (C=N–C) groups is 1. The van der Waals surface area contributed by atoms with Gasteiger partial charge in [-0.2, -0.15) is 4.99 Å². The van der Waals surface area contributed by atoms with Crippen LogP contribution in [0.15, 0.2) is 29.3 Å². The van der Waals surface area contributed by atoms with Gasteiger partial charge in [-0.3, -0.25) is 5.32 Å². The molecule has 0 saturated carbocycles. The van der Waals surface area contributed by atoms with E-state index in [1.165, 1.54) is 11.3 Å². The van der Waals surface area contributed by atoms with Crippen molar-refractivity contribution in [2.45, 2.75) is 25.7 Å². The average molecular weight is 335 g/mol. The fourth-order valence-corrected chi connectivity index (χ4v) is 2.84. The van der Waals surface area contributed by atoms with Gasteiger partial charge in [0.15, 0.2) is 0 Å². The molecule has 7 nitrogen and oxygen atoms in total. The van der Waals surface area contributed by atoms with E-state index >= 15 is 0 Å². The number of unbranched alkanes of at least 4 members (excludes halogenated alkanes) is 3. The number of aromatic nitrogens is 1. The molecule has 0 aliphatic rings. The third kappa shape index (κ3) is 5.84. The van der Waals surface area contributed by atoms with Gasteiger partial charge >= 0.3 is 6.03 Å². The molecule has 0 saturated heterocycles. The quantitative estimate of drug-likeness (QED) is 0.352. The molecule has 1 aromatic heterocycles. The number of thiazole rings is 1. The van der Waals surface area contributed by atoms with Crippen LogP contribution in [0.5, 0.6) is 0 Å². The van der Waals surface area contributed by atoms with Gasteiger partial charge in [-0.05, 0) is 25.0 Å². The van der Waals surface area contributed by atoms with Gasteiger partial charge in [0.05, 0.1) is 10.2 Å². The molecule has 8 heteroatoms. The topological polar surface area (TPSA) is 113 Å². The molecule has 1 aromatic carbocycles. The number of rotatable bonds is 7. The van der Waals surface area contributed by atoms with Crippen molar-refractivity contribution in [3.8, 4) is 0 Å². The SMILES string of the molecule is N/C(=N\c1nc2ccccc2s1)NC(=O)NCCCCCCO. The van der Waals surface area contributed by atoms with Crippen LogP contribution in [0.2, 0.25) is 0 Å². The number of benzene rings is 1. The monoisotopic (exact) mass is 335 g/mol. The summed E-state index contributed by atoms with van der Waals surface area (Å²) < 4.78 is 1.02. The highest BCUT2D eigenvalue weighted by Gasteiger charge is 2.05. The van der Waals surface area contributed by atoms with E-state index in [1.54, 1.807) is 0 Å². The predicted octanol–water partition coefficient (Wildman–Crippen LogP) is 2.09. The maximum absolute atomic E-state index is 11.7. The number of nitrogens with zero attached hydrogens (tertiary/aromatic N) is 2. The Morgan fingerprint density at radius 3 is 2.83 bits per heavy atom. The lowest BCUT2D eigenvalue weighted by Crippen LogP contribution is -2.43. The van der Waals surface area contributed by atoms with Gasteiger partial charge in [-0.25, -0.2) is 9.78 Å². The van der Waals surface area contributed by atoms with Crippen molar-refractivity contribution in [1.29, 1.82) is 0 Å². The van der Waals surface area contributed by atoms with Crippen molar-refractivity contribution in [3.63, 3.8) is 0 Å². The Hall–Kier alpha value is -2.19. The van der Waals surface area contributed by atoms with Crippen LogP contribution >= 0.6 is 11.3 Å². The van der Waals surface area contributed by atoms with Gasteiger partial charge in [0, 0.05) is 13.2 Å². The van der Waals surface area contributed by atoms with Crippen LogP contribution in [0, 0.1) is 0 Å². The third-order valence-corrected chi connectivity index (χ3v) is 4.04. The number of aliphatic hydroxyl groups excluding tert-OH is 1. The normalized spacial score (nSPS) is 11.6. The molecule has 2 aromatic rings. The van der Waals surface area contributed by atoms with Crippen molar-refractivity contribution < 1.29 is 9.90 Å². The molecule has 0 bridgehead atoms. The molecular weight excluding hydrogens is 314 g/mol. The van der Waals surface area contributed by atoms with Crippen LogP contribution in [-0.4, -0.2) is 35.2 Å². The van der Waals surface area contributed by atoms with E-state index in [4.69, 9.17) is 10.8 Å². The van der Waals surface area contributed by atoms with Crippen molar-refractivity contribution >= 4 is 38.7 Å². The van der Waals surface area contributed by atoms with E-state index < -0.39 is 0 Å². The Labute approximate surface area is 138 Å². The number of hydrogen-bond acceptors (Lipinski definition) is 5. The molecule has 0 aliphatic heterocycles.